The van der Waals surface area contributed by atoms with Gasteiger partial charge in [0.05, 0.1) is 8.07 Å². The molecule has 1 unspecified atom stereocenters. The van der Waals surface area contributed by atoms with Gasteiger partial charge in [0.1, 0.15) is 0 Å². The number of alkyl halides is 4. The Morgan fingerprint density at radius 3 is 1.96 bits per heavy atom. The summed E-state index contributed by atoms with van der Waals surface area (Å²) in [6.07, 6.45) is 1.41. The molecule has 1 aliphatic carbocycles. The van der Waals surface area contributed by atoms with Crippen molar-refractivity contribution in [3.63, 3.8) is 0 Å². The van der Waals surface area contributed by atoms with Crippen LogP contribution in [0.1, 0.15) is 32.8 Å². The van der Waals surface area contributed by atoms with Crippen molar-refractivity contribution in [2.24, 2.45) is 0 Å². The van der Waals surface area contributed by atoms with Crippen LogP contribution in [-0.2, 0) is 0 Å². The van der Waals surface area contributed by atoms with Crippen molar-refractivity contribution in [1.82, 2.24) is 0 Å². The molecule has 0 aliphatic heterocycles. The lowest BCUT2D eigenvalue weighted by atomic mass is 9.87. The first kappa shape index (κ1) is 18.2. The molecule has 5 heteroatoms. The average molecular weight is 344 g/mol. The van der Waals surface area contributed by atoms with Gasteiger partial charge in [-0.3, -0.25) is 0 Å². The van der Waals surface area contributed by atoms with Gasteiger partial charge in [-0.05, 0) is 12.0 Å². The van der Waals surface area contributed by atoms with Crippen molar-refractivity contribution < 1.29 is 17.6 Å². The fourth-order valence-electron chi connectivity index (χ4n) is 3.95. The molecule has 0 aromatic heterocycles. The minimum atomic E-state index is -4.12. The number of hydrogen-bond donors (Lipinski definition) is 0. The Balaban J connectivity index is 2.53. The van der Waals surface area contributed by atoms with Crippen molar-refractivity contribution in [3.05, 3.63) is 42.0 Å². The van der Waals surface area contributed by atoms with Gasteiger partial charge >= 0.3 is 11.8 Å². The van der Waals surface area contributed by atoms with Crippen molar-refractivity contribution in [1.29, 1.82) is 0 Å². The summed E-state index contributed by atoms with van der Waals surface area (Å²) in [4.78, 5) is 0. The molecule has 1 aliphatic rings. The van der Waals surface area contributed by atoms with Gasteiger partial charge in [-0.15, -0.1) is 0 Å². The zero-order valence-corrected chi connectivity index (χ0v) is 14.9. The second-order valence-electron chi connectivity index (χ2n) is 6.39. The van der Waals surface area contributed by atoms with Gasteiger partial charge in [0.25, 0.3) is 0 Å². The van der Waals surface area contributed by atoms with Gasteiger partial charge in [0.15, 0.2) is 0 Å². The van der Waals surface area contributed by atoms with Crippen molar-refractivity contribution in [3.8, 4) is 0 Å². The highest BCUT2D eigenvalue weighted by Gasteiger charge is 2.68. The molecule has 0 bridgehead atoms. The van der Waals surface area contributed by atoms with Crippen LogP contribution in [0, 0.1) is 0 Å². The van der Waals surface area contributed by atoms with E-state index in [1.807, 2.05) is 20.8 Å². The first-order valence-corrected chi connectivity index (χ1v) is 11.0. The maximum absolute atomic E-state index is 14.9. The Morgan fingerprint density at radius 1 is 0.957 bits per heavy atom. The zero-order valence-electron chi connectivity index (χ0n) is 13.9. The third-order valence-corrected chi connectivity index (χ3v) is 12.0. The first-order valence-electron chi connectivity index (χ1n) is 8.28. The van der Waals surface area contributed by atoms with Crippen LogP contribution in [0.5, 0.6) is 0 Å². The van der Waals surface area contributed by atoms with E-state index >= 15 is 0 Å². The Kier molecular flexibility index (Phi) is 5.09. The van der Waals surface area contributed by atoms with Crippen molar-refractivity contribution in [2.45, 2.75) is 62.7 Å². The second-order valence-corrected chi connectivity index (χ2v) is 11.9. The van der Waals surface area contributed by atoms with Crippen LogP contribution < -0.4 is 0 Å². The first-order chi connectivity index (χ1) is 10.8. The summed E-state index contributed by atoms with van der Waals surface area (Å²) in [5.74, 6) is -8.10. The van der Waals surface area contributed by atoms with E-state index in [2.05, 4.69) is 0 Å². The standard InChI is InChI=1S/C18H24F4Si/c1-4-23(5-2,6-3)16-13-12-15(14-10-8-7-9-11-14)17(19,20)18(16,21)22/h7-12,16H,4-6,13H2,1-3H3. The summed E-state index contributed by atoms with van der Waals surface area (Å²) >= 11 is 0. The van der Waals surface area contributed by atoms with Gasteiger partial charge in [-0.25, -0.2) is 0 Å². The topological polar surface area (TPSA) is 0 Å². The zero-order chi connectivity index (χ0) is 17.3. The highest BCUT2D eigenvalue weighted by molar-refractivity contribution is 6.81. The van der Waals surface area contributed by atoms with Crippen molar-refractivity contribution >= 4 is 13.6 Å². The summed E-state index contributed by atoms with van der Waals surface area (Å²) in [5, 5.41) is 0. The van der Waals surface area contributed by atoms with E-state index in [1.165, 1.54) is 18.2 Å². The highest BCUT2D eigenvalue weighted by Crippen LogP contribution is 2.59. The van der Waals surface area contributed by atoms with Crippen LogP contribution in [0.25, 0.3) is 5.57 Å². The molecule has 0 heterocycles. The predicted octanol–water partition coefficient (Wildman–Crippen LogP) is 6.62. The van der Waals surface area contributed by atoms with E-state index in [1.54, 1.807) is 18.2 Å². The molecule has 2 rings (SSSR count). The molecule has 1 aromatic rings. The lowest BCUT2D eigenvalue weighted by Gasteiger charge is -2.46. The molecular weight excluding hydrogens is 320 g/mol. The maximum Gasteiger partial charge on any atom is 0.335 e. The fraction of sp³-hybridized carbons (Fsp3) is 0.556. The molecule has 0 fully saturated rings. The van der Waals surface area contributed by atoms with E-state index in [4.69, 9.17) is 0 Å². The number of halogens is 4. The fourth-order valence-corrected chi connectivity index (χ4v) is 8.50. The van der Waals surface area contributed by atoms with E-state index in [0.29, 0.717) is 18.1 Å². The van der Waals surface area contributed by atoms with Crippen LogP contribution in [0.4, 0.5) is 17.6 Å². The Labute approximate surface area is 136 Å². The molecule has 0 saturated carbocycles. The van der Waals surface area contributed by atoms with Crippen molar-refractivity contribution in [2.75, 3.05) is 0 Å². The van der Waals surface area contributed by atoms with Gasteiger partial charge < -0.3 is 0 Å². The van der Waals surface area contributed by atoms with Crippen LogP contribution in [0.15, 0.2) is 36.4 Å². The third-order valence-electron chi connectivity index (χ3n) is 5.69. The molecule has 23 heavy (non-hydrogen) atoms. The number of hydrogen-bond acceptors (Lipinski definition) is 0. The van der Waals surface area contributed by atoms with Crippen LogP contribution in [0.3, 0.4) is 0 Å². The normalized spacial score (nSPS) is 23.4. The van der Waals surface area contributed by atoms with Crippen LogP contribution >= 0.6 is 0 Å². The Hall–Kier alpha value is -1.10. The molecule has 128 valence electrons. The molecule has 0 N–H and O–H groups in total. The highest BCUT2D eigenvalue weighted by atomic mass is 28.3. The Bertz CT molecular complexity index is 553. The summed E-state index contributed by atoms with van der Waals surface area (Å²) < 4.78 is 59.2. The number of allylic oxidation sites excluding steroid dienone is 2. The van der Waals surface area contributed by atoms with E-state index in [9.17, 15) is 17.6 Å². The molecule has 0 nitrogen and oxygen atoms in total. The maximum atomic E-state index is 14.9. The van der Waals surface area contributed by atoms with E-state index in [0.717, 1.165) is 0 Å². The average Bonchev–Trinajstić information content (AvgIpc) is 2.54. The molecule has 0 radical (unpaired) electrons. The van der Waals surface area contributed by atoms with E-state index in [-0.39, 0.29) is 12.0 Å². The molecule has 0 saturated heterocycles. The van der Waals surface area contributed by atoms with Crippen LogP contribution in [0.2, 0.25) is 23.7 Å². The molecule has 0 amide bonds. The van der Waals surface area contributed by atoms with Gasteiger partial charge in [0.2, 0.25) is 0 Å². The molecule has 0 spiro atoms. The lowest BCUT2D eigenvalue weighted by molar-refractivity contribution is -0.180. The number of benzene rings is 1. The minimum absolute atomic E-state index is 0.0502. The minimum Gasteiger partial charge on any atom is -0.199 e. The SMILES string of the molecule is CC[Si](CC)(CC)C1CC=C(c2ccccc2)C(F)(F)C1(F)F. The smallest absolute Gasteiger partial charge is 0.199 e. The lowest BCUT2D eigenvalue weighted by Crippen LogP contribution is -2.56. The second kappa shape index (κ2) is 6.42. The van der Waals surface area contributed by atoms with Crippen LogP contribution in [-0.4, -0.2) is 19.9 Å². The largest absolute Gasteiger partial charge is 0.335 e. The summed E-state index contributed by atoms with van der Waals surface area (Å²) in [5.41, 5.74) is -1.53. The third kappa shape index (κ3) is 2.77. The van der Waals surface area contributed by atoms with Gasteiger partial charge in [-0.1, -0.05) is 75.3 Å². The predicted molar refractivity (Wildman–Crippen MR) is 89.9 cm³/mol. The van der Waals surface area contributed by atoms with Gasteiger partial charge in [0, 0.05) is 11.1 Å². The number of rotatable bonds is 5. The molecular formula is C18H24F4Si. The quantitative estimate of drug-likeness (QED) is 0.416. The summed E-state index contributed by atoms with van der Waals surface area (Å²) in [6.45, 7) is 5.64. The molecule has 1 aromatic carbocycles. The van der Waals surface area contributed by atoms with Gasteiger partial charge in [-0.2, -0.15) is 17.6 Å². The van der Waals surface area contributed by atoms with E-state index < -0.39 is 31.0 Å². The summed E-state index contributed by atoms with van der Waals surface area (Å²) in [6, 6.07) is 9.68. The Morgan fingerprint density at radius 2 is 1.48 bits per heavy atom. The summed E-state index contributed by atoms with van der Waals surface area (Å²) in [7, 11) is -2.45. The monoisotopic (exact) mass is 344 g/mol. The molecule has 1 atom stereocenters.